The molecule has 0 N–H and O–H groups in total. The van der Waals surface area contributed by atoms with E-state index in [4.69, 9.17) is 15.0 Å². The van der Waals surface area contributed by atoms with Gasteiger partial charge in [-0.25, -0.2) is 15.0 Å². The van der Waals surface area contributed by atoms with Crippen molar-refractivity contribution in [2.75, 3.05) is 0 Å². The number of benzene rings is 10. The zero-order valence-corrected chi connectivity index (χ0v) is 35.6. The molecule has 0 amide bonds. The van der Waals surface area contributed by atoms with E-state index < -0.39 is 0 Å². The molecule has 4 heterocycles. The van der Waals surface area contributed by atoms with Gasteiger partial charge in [0.1, 0.15) is 0 Å². The minimum atomic E-state index is 0.701. The first kappa shape index (κ1) is 36.5. The number of para-hydroxylation sites is 6. The summed E-state index contributed by atoms with van der Waals surface area (Å²) in [7, 11) is 0. The van der Waals surface area contributed by atoms with Crippen LogP contribution in [0.15, 0.2) is 225 Å². The molecule has 14 rings (SSSR count). The predicted molar refractivity (Wildman–Crippen MR) is 275 cm³/mol. The summed E-state index contributed by atoms with van der Waals surface area (Å²) in [6.45, 7) is 0. The van der Waals surface area contributed by atoms with Crippen molar-refractivity contribution < 1.29 is 0 Å². The Morgan fingerprint density at radius 3 is 1.47 bits per heavy atom. The van der Waals surface area contributed by atoms with E-state index in [9.17, 15) is 0 Å². The molecule has 0 spiro atoms. The van der Waals surface area contributed by atoms with E-state index in [1.807, 2.05) is 30.5 Å². The van der Waals surface area contributed by atoms with Gasteiger partial charge < -0.3 is 9.13 Å². The lowest BCUT2D eigenvalue weighted by Gasteiger charge is -2.18. The Labute approximate surface area is 379 Å². The summed E-state index contributed by atoms with van der Waals surface area (Å²) in [6, 6.07) is 78.6. The van der Waals surface area contributed by atoms with Crippen molar-refractivity contribution in [3.8, 4) is 45.1 Å². The third-order valence-electron chi connectivity index (χ3n) is 13.5. The van der Waals surface area contributed by atoms with E-state index in [0.717, 1.165) is 88.6 Å². The molecule has 14 aromatic rings. The van der Waals surface area contributed by atoms with Gasteiger partial charge in [-0.2, -0.15) is 0 Å². The summed E-state index contributed by atoms with van der Waals surface area (Å²) in [6.07, 6.45) is 1.90. The summed E-state index contributed by atoms with van der Waals surface area (Å²) < 4.78 is 4.86. The van der Waals surface area contributed by atoms with Gasteiger partial charge in [0.2, 0.25) is 0 Å². The molecule has 5 nitrogen and oxygen atoms in total. The molecular formula is C61H37N5. The topological polar surface area (TPSA) is 48.5 Å². The molecule has 0 radical (unpaired) electrons. The number of pyridine rings is 1. The molecule has 4 aromatic heterocycles. The van der Waals surface area contributed by atoms with Gasteiger partial charge in [0.15, 0.2) is 5.82 Å². The molecule has 0 fully saturated rings. The van der Waals surface area contributed by atoms with Gasteiger partial charge in [-0.15, -0.1) is 0 Å². The molecule has 0 saturated heterocycles. The highest BCUT2D eigenvalue weighted by Crippen LogP contribution is 2.43. The monoisotopic (exact) mass is 839 g/mol. The third kappa shape index (κ3) is 5.50. The first-order valence-electron chi connectivity index (χ1n) is 22.4. The second-order valence-corrected chi connectivity index (χ2v) is 17.2. The standard InChI is InChI=1S/C61H37N5/c1-3-16-45-38(14-1)32-33-52-58(45)51-22-13-21-46(60(51)64-59(52)39-28-30-40(31-29-39)61-62-37-41-15-2-8-23-53(41)63-61)42-34-43(65-54-24-9-4-17-47(54)48-18-5-10-25-55(48)65)36-44(35-42)66-56-26-11-6-19-49(56)50-20-7-12-27-57(50)66/h1-37H. The molecule has 5 heteroatoms. The van der Waals surface area contributed by atoms with Gasteiger partial charge in [-0.3, -0.25) is 0 Å². The molecule has 10 aromatic carbocycles. The third-order valence-corrected chi connectivity index (χ3v) is 13.5. The molecule has 66 heavy (non-hydrogen) atoms. The maximum atomic E-state index is 5.74. The van der Waals surface area contributed by atoms with Gasteiger partial charge in [0, 0.05) is 77.4 Å². The zero-order chi connectivity index (χ0) is 43.3. The van der Waals surface area contributed by atoms with Gasteiger partial charge in [-0.1, -0.05) is 170 Å². The number of fused-ring (bicyclic) bond motifs is 12. The van der Waals surface area contributed by atoms with Crippen LogP contribution in [-0.2, 0) is 0 Å². The van der Waals surface area contributed by atoms with Crippen LogP contribution in [-0.4, -0.2) is 24.1 Å². The zero-order valence-electron chi connectivity index (χ0n) is 35.6. The summed E-state index contributed by atoms with van der Waals surface area (Å²) in [5, 5.41) is 11.7. The summed E-state index contributed by atoms with van der Waals surface area (Å²) in [5.41, 5.74) is 13.8. The van der Waals surface area contributed by atoms with Gasteiger partial charge in [0.05, 0.1) is 38.8 Å². The number of nitrogens with zero attached hydrogens (tertiary/aromatic N) is 5. The Bertz CT molecular complexity index is 4050. The van der Waals surface area contributed by atoms with Crippen LogP contribution in [0, 0.1) is 0 Å². The second-order valence-electron chi connectivity index (χ2n) is 17.2. The predicted octanol–water partition coefficient (Wildman–Crippen LogP) is 15.7. The summed E-state index contributed by atoms with van der Waals surface area (Å²) >= 11 is 0. The van der Waals surface area contributed by atoms with Crippen LogP contribution < -0.4 is 0 Å². The molecule has 0 unspecified atom stereocenters. The van der Waals surface area contributed by atoms with Crippen LogP contribution in [0.3, 0.4) is 0 Å². The number of rotatable bonds is 5. The highest BCUT2D eigenvalue weighted by atomic mass is 15.0. The van der Waals surface area contributed by atoms with Gasteiger partial charge in [0.25, 0.3) is 0 Å². The normalized spacial score (nSPS) is 11.9. The quantitative estimate of drug-likeness (QED) is 0.162. The van der Waals surface area contributed by atoms with Crippen LogP contribution in [0.25, 0.3) is 132 Å². The molecule has 0 atom stereocenters. The molecule has 0 saturated carbocycles. The number of hydrogen-bond donors (Lipinski definition) is 0. The van der Waals surface area contributed by atoms with E-state index in [1.165, 1.54) is 37.7 Å². The Kier molecular flexibility index (Phi) is 7.91. The fourth-order valence-corrected chi connectivity index (χ4v) is 10.5. The minimum absolute atomic E-state index is 0.701. The fraction of sp³-hybridized carbons (Fsp3) is 0. The van der Waals surface area contributed by atoms with E-state index >= 15 is 0 Å². The van der Waals surface area contributed by atoms with Crippen LogP contribution in [0.5, 0.6) is 0 Å². The first-order chi connectivity index (χ1) is 32.7. The largest absolute Gasteiger partial charge is 0.309 e. The lowest BCUT2D eigenvalue weighted by atomic mass is 9.92. The van der Waals surface area contributed by atoms with E-state index in [-0.39, 0.29) is 0 Å². The second kappa shape index (κ2) is 14.3. The van der Waals surface area contributed by atoms with Gasteiger partial charge in [-0.05, 0) is 64.9 Å². The maximum Gasteiger partial charge on any atom is 0.159 e. The van der Waals surface area contributed by atoms with Crippen molar-refractivity contribution in [2.24, 2.45) is 0 Å². The number of aromatic nitrogens is 5. The summed E-state index contributed by atoms with van der Waals surface area (Å²) in [5.74, 6) is 0.701. The summed E-state index contributed by atoms with van der Waals surface area (Å²) in [4.78, 5) is 15.4. The van der Waals surface area contributed by atoms with Gasteiger partial charge >= 0.3 is 0 Å². The van der Waals surface area contributed by atoms with E-state index in [2.05, 4.69) is 203 Å². The van der Waals surface area contributed by atoms with Crippen molar-refractivity contribution in [1.29, 1.82) is 0 Å². The van der Waals surface area contributed by atoms with E-state index in [1.54, 1.807) is 0 Å². The lowest BCUT2D eigenvalue weighted by molar-refractivity contribution is 1.13. The fourth-order valence-electron chi connectivity index (χ4n) is 10.5. The Morgan fingerprint density at radius 1 is 0.333 bits per heavy atom. The highest BCUT2D eigenvalue weighted by molar-refractivity contribution is 6.24. The van der Waals surface area contributed by atoms with Crippen LogP contribution in [0.4, 0.5) is 0 Å². The average Bonchev–Trinajstić information content (AvgIpc) is 3.91. The molecular weight excluding hydrogens is 803 g/mol. The molecule has 0 aliphatic rings. The van der Waals surface area contributed by atoms with Crippen LogP contribution in [0.1, 0.15) is 0 Å². The van der Waals surface area contributed by atoms with Crippen LogP contribution in [0.2, 0.25) is 0 Å². The Balaban J connectivity index is 1.05. The molecule has 0 aliphatic carbocycles. The first-order valence-corrected chi connectivity index (χ1v) is 22.4. The molecule has 306 valence electrons. The average molecular weight is 840 g/mol. The Hall–Kier alpha value is -8.93. The lowest BCUT2D eigenvalue weighted by Crippen LogP contribution is -2.00. The van der Waals surface area contributed by atoms with Crippen LogP contribution >= 0.6 is 0 Å². The highest BCUT2D eigenvalue weighted by Gasteiger charge is 2.21. The molecule has 0 aliphatic heterocycles. The SMILES string of the molecule is c1ccc2nc(-c3ccc(-c4nc5c(-c6cc(-n7c8ccccc8c8ccccc87)cc(-n7c8ccccc8c8ccccc87)c6)cccc5c5c4ccc4ccccc45)cc3)ncc2c1. The van der Waals surface area contributed by atoms with Crippen molar-refractivity contribution in [2.45, 2.75) is 0 Å². The van der Waals surface area contributed by atoms with Crippen molar-refractivity contribution in [1.82, 2.24) is 24.1 Å². The van der Waals surface area contributed by atoms with Crippen molar-refractivity contribution >= 4 is 87.0 Å². The molecule has 0 bridgehead atoms. The maximum absolute atomic E-state index is 5.74. The van der Waals surface area contributed by atoms with Crippen molar-refractivity contribution in [3.63, 3.8) is 0 Å². The Morgan fingerprint density at radius 2 is 0.848 bits per heavy atom. The van der Waals surface area contributed by atoms with E-state index in [0.29, 0.717) is 5.82 Å². The minimum Gasteiger partial charge on any atom is -0.309 e. The smallest absolute Gasteiger partial charge is 0.159 e. The number of hydrogen-bond acceptors (Lipinski definition) is 3. The van der Waals surface area contributed by atoms with Crippen molar-refractivity contribution in [3.05, 3.63) is 225 Å².